The van der Waals surface area contributed by atoms with Gasteiger partial charge in [0.05, 0.1) is 13.2 Å². The number of rotatable bonds is 5. The first-order chi connectivity index (χ1) is 7.90. The van der Waals surface area contributed by atoms with Crippen LogP contribution in [0.1, 0.15) is 17.4 Å². The fraction of sp³-hybridized carbons (Fsp3) is 0.333. The second-order valence-corrected chi connectivity index (χ2v) is 3.36. The van der Waals surface area contributed by atoms with Gasteiger partial charge in [0.25, 0.3) is 6.29 Å². The lowest BCUT2D eigenvalue weighted by atomic mass is 10.1. The van der Waals surface area contributed by atoms with E-state index >= 15 is 0 Å². The summed E-state index contributed by atoms with van der Waals surface area (Å²) < 4.78 is 27.3. The highest BCUT2D eigenvalue weighted by Gasteiger charge is 2.14. The van der Waals surface area contributed by atoms with Crippen LogP contribution in [0.25, 0.3) is 0 Å². The van der Waals surface area contributed by atoms with Gasteiger partial charge in [0, 0.05) is 5.56 Å². The third-order valence-electron chi connectivity index (χ3n) is 2.20. The Hall–Kier alpha value is -1.55. The molecule has 1 heterocycles. The predicted molar refractivity (Wildman–Crippen MR) is 56.1 cm³/mol. The lowest BCUT2D eigenvalue weighted by Crippen LogP contribution is -1.99. The Labute approximate surface area is 93.4 Å². The van der Waals surface area contributed by atoms with Crippen molar-refractivity contribution in [3.63, 3.8) is 0 Å². The number of hydrogen-bond donors (Lipinski definition) is 0. The van der Waals surface area contributed by atoms with Crippen molar-refractivity contribution in [2.45, 2.75) is 12.9 Å². The average Bonchev–Trinajstić information content (AvgIpc) is 2.84. The van der Waals surface area contributed by atoms with Crippen molar-refractivity contribution >= 4 is 0 Å². The van der Waals surface area contributed by atoms with E-state index in [2.05, 4.69) is 0 Å². The van der Waals surface area contributed by atoms with Crippen molar-refractivity contribution in [1.29, 1.82) is 0 Å². The summed E-state index contributed by atoms with van der Waals surface area (Å²) in [5.74, 6) is 0. The molecule has 86 valence electrons. The molecular weight excluding hydrogens is 211 g/mol. The fourth-order valence-electron chi connectivity index (χ4n) is 1.41. The van der Waals surface area contributed by atoms with Gasteiger partial charge in [0.1, 0.15) is 19.2 Å². The molecule has 3 nitrogen and oxygen atoms in total. The highest BCUT2D eigenvalue weighted by atomic mass is 19.1. The van der Waals surface area contributed by atoms with Crippen LogP contribution in [0, 0.1) is 0 Å². The number of hydrogen-bond acceptors (Lipinski definition) is 3. The molecule has 16 heavy (non-hydrogen) atoms. The van der Waals surface area contributed by atoms with E-state index in [-0.39, 0.29) is 12.9 Å². The maximum absolute atomic E-state index is 11.8. The minimum atomic E-state index is -0.451. The molecule has 0 N–H and O–H groups in total. The monoisotopic (exact) mass is 224 g/mol. The summed E-state index contributed by atoms with van der Waals surface area (Å²) in [4.78, 5) is 0. The molecular formula is C12H13FO3. The van der Waals surface area contributed by atoms with Crippen LogP contribution in [0.4, 0.5) is 4.39 Å². The summed E-state index contributed by atoms with van der Waals surface area (Å²) >= 11 is 0. The number of ether oxygens (including phenoxy) is 3. The first-order valence-corrected chi connectivity index (χ1v) is 5.08. The smallest absolute Gasteiger partial charge is 0.266 e. The highest BCUT2D eigenvalue weighted by Crippen LogP contribution is 2.23. The molecule has 0 fully saturated rings. The second kappa shape index (κ2) is 5.51. The van der Waals surface area contributed by atoms with Gasteiger partial charge in [-0.2, -0.15) is 0 Å². The van der Waals surface area contributed by atoms with Crippen LogP contribution in [0.15, 0.2) is 36.8 Å². The molecule has 1 aromatic rings. The second-order valence-electron chi connectivity index (χ2n) is 3.36. The SMILES string of the molecule is FCCOCc1ccc(C2OC=CO2)cc1. The predicted octanol–water partition coefficient (Wildman–Crippen LogP) is 2.69. The summed E-state index contributed by atoms with van der Waals surface area (Å²) in [7, 11) is 0. The van der Waals surface area contributed by atoms with Crippen molar-refractivity contribution < 1.29 is 18.6 Å². The number of benzene rings is 1. The Morgan fingerprint density at radius 3 is 2.44 bits per heavy atom. The summed E-state index contributed by atoms with van der Waals surface area (Å²) in [6.45, 7) is 0.114. The van der Waals surface area contributed by atoms with Gasteiger partial charge < -0.3 is 14.2 Å². The third kappa shape index (κ3) is 2.73. The Morgan fingerprint density at radius 2 is 1.81 bits per heavy atom. The zero-order valence-corrected chi connectivity index (χ0v) is 8.77. The minimum absolute atomic E-state index is 0.139. The molecule has 0 aromatic heterocycles. The number of halogens is 1. The van der Waals surface area contributed by atoms with Crippen molar-refractivity contribution in [2.75, 3.05) is 13.3 Å². The van der Waals surface area contributed by atoms with Crippen LogP contribution in [-0.4, -0.2) is 13.3 Å². The van der Waals surface area contributed by atoms with Gasteiger partial charge in [0.15, 0.2) is 0 Å². The van der Waals surface area contributed by atoms with Crippen LogP contribution >= 0.6 is 0 Å². The normalized spacial score (nSPS) is 14.8. The van der Waals surface area contributed by atoms with Crippen LogP contribution in [0.2, 0.25) is 0 Å². The molecule has 0 unspecified atom stereocenters. The summed E-state index contributed by atoms with van der Waals surface area (Å²) in [5.41, 5.74) is 1.95. The molecule has 1 aromatic carbocycles. The van der Waals surface area contributed by atoms with Crippen molar-refractivity contribution in [3.05, 3.63) is 47.9 Å². The van der Waals surface area contributed by atoms with Crippen molar-refractivity contribution in [1.82, 2.24) is 0 Å². The third-order valence-corrected chi connectivity index (χ3v) is 2.20. The lowest BCUT2D eigenvalue weighted by molar-refractivity contribution is -0.0246. The number of alkyl halides is 1. The molecule has 0 saturated heterocycles. The van der Waals surface area contributed by atoms with Gasteiger partial charge in [-0.25, -0.2) is 4.39 Å². The lowest BCUT2D eigenvalue weighted by Gasteiger charge is -2.10. The molecule has 0 atom stereocenters. The van der Waals surface area contributed by atoms with E-state index in [1.807, 2.05) is 24.3 Å². The zero-order valence-electron chi connectivity index (χ0n) is 8.77. The molecule has 2 rings (SSSR count). The Morgan fingerprint density at radius 1 is 1.12 bits per heavy atom. The average molecular weight is 224 g/mol. The van der Waals surface area contributed by atoms with Crippen molar-refractivity contribution in [3.8, 4) is 0 Å². The van der Waals surface area contributed by atoms with Gasteiger partial charge in [-0.3, -0.25) is 0 Å². The molecule has 0 amide bonds. The first kappa shape index (κ1) is 11.0. The van der Waals surface area contributed by atoms with Gasteiger partial charge in [0.2, 0.25) is 0 Å². The fourth-order valence-corrected chi connectivity index (χ4v) is 1.41. The summed E-state index contributed by atoms with van der Waals surface area (Å²) in [6.07, 6.45) is 2.69. The molecule has 4 heteroatoms. The van der Waals surface area contributed by atoms with Crippen LogP contribution in [-0.2, 0) is 20.8 Å². The molecule has 1 aliphatic rings. The Bertz CT molecular complexity index is 340. The Balaban J connectivity index is 1.88. The van der Waals surface area contributed by atoms with Gasteiger partial charge in [-0.05, 0) is 5.56 Å². The van der Waals surface area contributed by atoms with Crippen LogP contribution in [0.3, 0.4) is 0 Å². The van der Waals surface area contributed by atoms with E-state index in [0.29, 0.717) is 6.61 Å². The van der Waals surface area contributed by atoms with Crippen LogP contribution in [0.5, 0.6) is 0 Å². The maximum Gasteiger partial charge on any atom is 0.266 e. The van der Waals surface area contributed by atoms with Gasteiger partial charge in [-0.15, -0.1) is 0 Å². The largest absolute Gasteiger partial charge is 0.455 e. The van der Waals surface area contributed by atoms with E-state index in [1.165, 1.54) is 12.5 Å². The molecule has 0 bridgehead atoms. The topological polar surface area (TPSA) is 27.7 Å². The molecule has 0 saturated carbocycles. The van der Waals surface area contributed by atoms with E-state index in [1.54, 1.807) is 0 Å². The van der Waals surface area contributed by atoms with Gasteiger partial charge >= 0.3 is 0 Å². The van der Waals surface area contributed by atoms with Gasteiger partial charge in [-0.1, -0.05) is 24.3 Å². The van der Waals surface area contributed by atoms with E-state index in [9.17, 15) is 4.39 Å². The highest BCUT2D eigenvalue weighted by molar-refractivity contribution is 5.23. The summed E-state index contributed by atoms with van der Waals surface area (Å²) in [5, 5.41) is 0. The molecule has 1 aliphatic heterocycles. The first-order valence-electron chi connectivity index (χ1n) is 5.08. The van der Waals surface area contributed by atoms with E-state index in [4.69, 9.17) is 14.2 Å². The minimum Gasteiger partial charge on any atom is -0.455 e. The Kier molecular flexibility index (Phi) is 3.77. The molecule has 0 spiro atoms. The standard InChI is InChI=1S/C12H13FO3/c13-5-6-14-9-10-1-3-11(4-2-10)12-15-7-8-16-12/h1-4,7-8,12H,5-6,9H2. The zero-order chi connectivity index (χ0) is 11.2. The van der Waals surface area contributed by atoms with Crippen LogP contribution < -0.4 is 0 Å². The maximum atomic E-state index is 11.8. The molecule has 0 aliphatic carbocycles. The molecule has 0 radical (unpaired) electrons. The summed E-state index contributed by atoms with van der Waals surface area (Å²) in [6, 6.07) is 7.65. The van der Waals surface area contributed by atoms with E-state index < -0.39 is 6.67 Å². The van der Waals surface area contributed by atoms with E-state index in [0.717, 1.165) is 11.1 Å². The quantitative estimate of drug-likeness (QED) is 0.720. The van der Waals surface area contributed by atoms with Crippen molar-refractivity contribution in [2.24, 2.45) is 0 Å².